The Hall–Kier alpha value is -2.68. The van der Waals surface area contributed by atoms with E-state index >= 15 is 0 Å². The van der Waals surface area contributed by atoms with Gasteiger partial charge in [0.05, 0.1) is 0 Å². The third-order valence-electron chi connectivity index (χ3n) is 2.69. The van der Waals surface area contributed by atoms with Crippen molar-refractivity contribution in [3.63, 3.8) is 0 Å². The average Bonchev–Trinajstić information content (AvgIpc) is 2.88. The standard InChI is InChI=1S/C14H13NO5/c1-2-10(7-15)20-11-6-13-12(18-8-19-13)5-9(11)3-4-14(16)17/h3-6,10H,2,8H2,1H3,(H,16,17). The number of carboxylic acids is 1. The molecule has 1 aromatic carbocycles. The van der Waals surface area contributed by atoms with Crippen molar-refractivity contribution in [2.75, 3.05) is 6.79 Å². The van der Waals surface area contributed by atoms with E-state index in [0.29, 0.717) is 29.2 Å². The van der Waals surface area contributed by atoms with E-state index in [9.17, 15) is 4.79 Å². The predicted octanol–water partition coefficient (Wildman–Crippen LogP) is 2.19. The van der Waals surface area contributed by atoms with Crippen LogP contribution in [-0.2, 0) is 4.79 Å². The maximum absolute atomic E-state index is 10.6. The smallest absolute Gasteiger partial charge is 0.328 e. The fourth-order valence-electron chi connectivity index (χ4n) is 1.69. The maximum atomic E-state index is 10.6. The minimum atomic E-state index is -1.07. The van der Waals surface area contributed by atoms with Gasteiger partial charge in [-0.05, 0) is 18.6 Å². The quantitative estimate of drug-likeness (QED) is 0.828. The number of nitrogens with zero attached hydrogens (tertiary/aromatic N) is 1. The second kappa shape index (κ2) is 5.97. The molecule has 0 saturated heterocycles. The van der Waals surface area contributed by atoms with Gasteiger partial charge in [-0.3, -0.25) is 0 Å². The number of carboxylic acid groups (broad SMARTS) is 1. The van der Waals surface area contributed by atoms with Crippen molar-refractivity contribution in [2.45, 2.75) is 19.4 Å². The summed E-state index contributed by atoms with van der Waals surface area (Å²) in [7, 11) is 0. The molecule has 1 atom stereocenters. The van der Waals surface area contributed by atoms with Crippen LogP contribution >= 0.6 is 0 Å². The molecule has 1 N–H and O–H groups in total. The molecule has 0 radical (unpaired) electrons. The molecule has 2 rings (SSSR count). The molecule has 0 aliphatic carbocycles. The first-order valence-corrected chi connectivity index (χ1v) is 6.05. The van der Waals surface area contributed by atoms with Crippen molar-refractivity contribution < 1.29 is 24.1 Å². The first-order valence-electron chi connectivity index (χ1n) is 6.05. The van der Waals surface area contributed by atoms with Gasteiger partial charge in [0.15, 0.2) is 17.6 Å². The zero-order chi connectivity index (χ0) is 14.5. The highest BCUT2D eigenvalue weighted by molar-refractivity contribution is 5.86. The highest BCUT2D eigenvalue weighted by Crippen LogP contribution is 2.39. The second-order valence-corrected chi connectivity index (χ2v) is 4.06. The number of aliphatic carboxylic acids is 1. The molecule has 1 aromatic rings. The molecule has 1 heterocycles. The van der Waals surface area contributed by atoms with Crippen LogP contribution in [0.5, 0.6) is 17.2 Å². The van der Waals surface area contributed by atoms with Crippen LogP contribution < -0.4 is 14.2 Å². The summed E-state index contributed by atoms with van der Waals surface area (Å²) in [6.07, 6.45) is 2.31. The molecule has 6 heteroatoms. The molecule has 0 spiro atoms. The van der Waals surface area contributed by atoms with Crippen LogP contribution in [0.3, 0.4) is 0 Å². The molecule has 0 bridgehead atoms. The summed E-state index contributed by atoms with van der Waals surface area (Å²) in [5.74, 6) is 0.355. The molecule has 1 aliphatic rings. The fraction of sp³-hybridized carbons (Fsp3) is 0.286. The van der Waals surface area contributed by atoms with Crippen molar-refractivity contribution >= 4 is 12.0 Å². The molecule has 0 amide bonds. The number of rotatable bonds is 5. The molecule has 0 aromatic heterocycles. The van der Waals surface area contributed by atoms with Gasteiger partial charge in [0.2, 0.25) is 6.79 Å². The molecule has 20 heavy (non-hydrogen) atoms. The molecular weight excluding hydrogens is 262 g/mol. The Morgan fingerprint density at radius 1 is 1.55 bits per heavy atom. The first kappa shape index (κ1) is 13.7. The number of ether oxygens (including phenoxy) is 3. The number of fused-ring (bicyclic) bond motifs is 1. The summed E-state index contributed by atoms with van der Waals surface area (Å²) in [6, 6.07) is 5.25. The molecule has 0 fully saturated rings. The molecule has 1 unspecified atom stereocenters. The van der Waals surface area contributed by atoms with Crippen LogP contribution in [0.1, 0.15) is 18.9 Å². The van der Waals surface area contributed by atoms with E-state index in [2.05, 4.69) is 0 Å². The van der Waals surface area contributed by atoms with Gasteiger partial charge in [-0.15, -0.1) is 0 Å². The summed E-state index contributed by atoms with van der Waals surface area (Å²) in [6.45, 7) is 1.93. The molecular formula is C14H13NO5. The van der Waals surface area contributed by atoms with E-state index in [4.69, 9.17) is 24.6 Å². The predicted molar refractivity (Wildman–Crippen MR) is 69.6 cm³/mol. The van der Waals surface area contributed by atoms with E-state index < -0.39 is 12.1 Å². The highest BCUT2D eigenvalue weighted by Gasteiger charge is 2.19. The number of carbonyl (C=O) groups is 1. The lowest BCUT2D eigenvalue weighted by atomic mass is 10.1. The lowest BCUT2D eigenvalue weighted by Crippen LogP contribution is -2.12. The number of hydrogen-bond donors (Lipinski definition) is 1. The Kier molecular flexibility index (Phi) is 4.11. The van der Waals surface area contributed by atoms with Gasteiger partial charge in [-0.25, -0.2) is 4.79 Å². The summed E-state index contributed by atoms with van der Waals surface area (Å²) in [4.78, 5) is 10.6. The topological polar surface area (TPSA) is 88.8 Å². The van der Waals surface area contributed by atoms with Gasteiger partial charge in [-0.2, -0.15) is 5.26 Å². The maximum Gasteiger partial charge on any atom is 0.328 e. The summed E-state index contributed by atoms with van der Waals surface area (Å²) in [5.41, 5.74) is 0.519. The monoisotopic (exact) mass is 275 g/mol. The summed E-state index contributed by atoms with van der Waals surface area (Å²) >= 11 is 0. The minimum Gasteiger partial charge on any atom is -0.478 e. The van der Waals surface area contributed by atoms with Crippen molar-refractivity contribution in [2.24, 2.45) is 0 Å². The molecule has 0 saturated carbocycles. The van der Waals surface area contributed by atoms with E-state index in [1.54, 1.807) is 12.1 Å². The zero-order valence-corrected chi connectivity index (χ0v) is 10.8. The SMILES string of the molecule is CCC(C#N)Oc1cc2c(cc1C=CC(=O)O)OCO2. The number of benzene rings is 1. The lowest BCUT2D eigenvalue weighted by molar-refractivity contribution is -0.131. The van der Waals surface area contributed by atoms with E-state index in [1.807, 2.05) is 13.0 Å². The van der Waals surface area contributed by atoms with E-state index in [-0.39, 0.29) is 6.79 Å². The van der Waals surface area contributed by atoms with Crippen molar-refractivity contribution in [3.8, 4) is 23.3 Å². The minimum absolute atomic E-state index is 0.107. The van der Waals surface area contributed by atoms with Crippen LogP contribution in [0.15, 0.2) is 18.2 Å². The Morgan fingerprint density at radius 3 is 2.85 bits per heavy atom. The lowest BCUT2D eigenvalue weighted by Gasteiger charge is -2.13. The number of nitriles is 1. The van der Waals surface area contributed by atoms with Crippen LogP contribution in [0.25, 0.3) is 6.08 Å². The van der Waals surface area contributed by atoms with Crippen LogP contribution in [0.2, 0.25) is 0 Å². The van der Waals surface area contributed by atoms with Gasteiger partial charge in [0.25, 0.3) is 0 Å². The van der Waals surface area contributed by atoms with Gasteiger partial charge >= 0.3 is 5.97 Å². The zero-order valence-electron chi connectivity index (χ0n) is 10.8. The van der Waals surface area contributed by atoms with Gasteiger partial charge in [0, 0.05) is 17.7 Å². The van der Waals surface area contributed by atoms with Gasteiger partial charge < -0.3 is 19.3 Å². The molecule has 104 valence electrons. The van der Waals surface area contributed by atoms with Crippen LogP contribution in [-0.4, -0.2) is 24.0 Å². The third-order valence-corrected chi connectivity index (χ3v) is 2.69. The molecule has 6 nitrogen and oxygen atoms in total. The Morgan fingerprint density at radius 2 is 2.25 bits per heavy atom. The second-order valence-electron chi connectivity index (χ2n) is 4.06. The summed E-state index contributed by atoms with van der Waals surface area (Å²) < 4.78 is 16.0. The van der Waals surface area contributed by atoms with Gasteiger partial charge in [-0.1, -0.05) is 6.92 Å². The number of hydrogen-bond acceptors (Lipinski definition) is 5. The highest BCUT2D eigenvalue weighted by atomic mass is 16.7. The molecule has 1 aliphatic heterocycles. The Balaban J connectivity index is 2.37. The Labute approximate surface area is 115 Å². The van der Waals surface area contributed by atoms with Crippen LogP contribution in [0.4, 0.5) is 0 Å². The largest absolute Gasteiger partial charge is 0.478 e. The van der Waals surface area contributed by atoms with Crippen molar-refractivity contribution in [1.29, 1.82) is 5.26 Å². The van der Waals surface area contributed by atoms with E-state index in [1.165, 1.54) is 6.08 Å². The van der Waals surface area contributed by atoms with E-state index in [0.717, 1.165) is 6.08 Å². The van der Waals surface area contributed by atoms with Crippen molar-refractivity contribution in [1.82, 2.24) is 0 Å². The average molecular weight is 275 g/mol. The van der Waals surface area contributed by atoms with Crippen molar-refractivity contribution in [3.05, 3.63) is 23.8 Å². The fourth-order valence-corrected chi connectivity index (χ4v) is 1.69. The first-order chi connectivity index (χ1) is 9.63. The summed E-state index contributed by atoms with van der Waals surface area (Å²) in [5, 5.41) is 17.6. The normalized spacial score (nSPS) is 14.0. The van der Waals surface area contributed by atoms with Gasteiger partial charge in [0.1, 0.15) is 11.8 Å². The van der Waals surface area contributed by atoms with Crippen LogP contribution in [0, 0.1) is 11.3 Å². The third kappa shape index (κ3) is 3.01. The Bertz CT molecular complexity index is 588.